The second kappa shape index (κ2) is 8.25. The van der Waals surface area contributed by atoms with Crippen molar-refractivity contribution >= 4 is 23.5 Å². The largest absolute Gasteiger partial charge is 0.424 e. The van der Waals surface area contributed by atoms with Gasteiger partial charge >= 0.3 is 5.97 Å². The number of para-hydroxylation sites is 2. The molecule has 2 atom stereocenters. The molecule has 0 spiro atoms. The van der Waals surface area contributed by atoms with E-state index in [-0.39, 0.29) is 35.8 Å². The monoisotopic (exact) mass is 499 g/mol. The quantitative estimate of drug-likeness (QED) is 0.208. The molecule has 2 amide bonds. The number of amides is 2. The van der Waals surface area contributed by atoms with Gasteiger partial charge in [-0.15, -0.1) is 0 Å². The SMILES string of the molecule is C[C@@]12C(=O)N(c3ccccc3OC(=O)Cc3ccccc3)C(=O)[C@H]1C1c3ccccc3C2c2ccccc21. The van der Waals surface area contributed by atoms with Gasteiger partial charge in [0, 0.05) is 11.8 Å². The Balaban J connectivity index is 1.31. The van der Waals surface area contributed by atoms with Gasteiger partial charge in [0.15, 0.2) is 5.75 Å². The number of rotatable bonds is 4. The van der Waals surface area contributed by atoms with Crippen molar-refractivity contribution in [1.29, 1.82) is 0 Å². The number of ether oxygens (including phenoxy) is 1. The molecule has 0 saturated carbocycles. The van der Waals surface area contributed by atoms with Gasteiger partial charge in [0.2, 0.25) is 11.8 Å². The van der Waals surface area contributed by atoms with E-state index in [0.717, 1.165) is 27.8 Å². The van der Waals surface area contributed by atoms with E-state index in [9.17, 15) is 14.4 Å². The number of carbonyl (C=O) groups is 3. The summed E-state index contributed by atoms with van der Waals surface area (Å²) >= 11 is 0. The molecule has 5 heteroatoms. The number of benzene rings is 4. The highest BCUT2D eigenvalue weighted by Gasteiger charge is 2.69. The average molecular weight is 500 g/mol. The Hall–Kier alpha value is -4.51. The molecule has 4 aliphatic rings. The fourth-order valence-corrected chi connectivity index (χ4v) is 6.99. The summed E-state index contributed by atoms with van der Waals surface area (Å²) in [6, 6.07) is 32.5. The van der Waals surface area contributed by atoms with Crippen molar-refractivity contribution in [2.75, 3.05) is 4.90 Å². The van der Waals surface area contributed by atoms with E-state index < -0.39 is 17.3 Å². The van der Waals surface area contributed by atoms with Crippen LogP contribution in [0.5, 0.6) is 5.75 Å². The molecule has 0 radical (unpaired) electrons. The van der Waals surface area contributed by atoms with Gasteiger partial charge in [-0.1, -0.05) is 91.0 Å². The first kappa shape index (κ1) is 22.7. The van der Waals surface area contributed by atoms with Crippen LogP contribution < -0.4 is 9.64 Å². The van der Waals surface area contributed by atoms with Crippen LogP contribution in [0.3, 0.4) is 0 Å². The second-order valence-corrected chi connectivity index (χ2v) is 10.5. The third-order valence-corrected chi connectivity index (χ3v) is 8.53. The van der Waals surface area contributed by atoms with Gasteiger partial charge in [-0.05, 0) is 46.9 Å². The minimum atomic E-state index is -0.953. The third-order valence-electron chi connectivity index (χ3n) is 8.53. The van der Waals surface area contributed by atoms with Crippen molar-refractivity contribution in [3.63, 3.8) is 0 Å². The first-order valence-electron chi connectivity index (χ1n) is 12.9. The topological polar surface area (TPSA) is 63.7 Å². The Morgan fingerprint density at radius 3 is 1.97 bits per heavy atom. The van der Waals surface area contributed by atoms with E-state index >= 15 is 0 Å². The summed E-state index contributed by atoms with van der Waals surface area (Å²) in [6.07, 6.45) is 0.0895. The number of nitrogens with zero attached hydrogens (tertiary/aromatic N) is 1. The Bertz CT molecular complexity index is 1580. The molecule has 38 heavy (non-hydrogen) atoms. The van der Waals surface area contributed by atoms with E-state index in [1.165, 1.54) is 4.90 Å². The first-order chi connectivity index (χ1) is 18.5. The summed E-state index contributed by atoms with van der Waals surface area (Å²) in [5.41, 5.74) is 4.64. The van der Waals surface area contributed by atoms with Crippen LogP contribution in [0.15, 0.2) is 103 Å². The van der Waals surface area contributed by atoms with Crippen molar-refractivity contribution in [3.05, 3.63) is 131 Å². The van der Waals surface area contributed by atoms with Gasteiger partial charge in [0.1, 0.15) is 0 Å². The average Bonchev–Trinajstić information content (AvgIpc) is 3.14. The molecule has 8 rings (SSSR count). The molecular formula is C33H25NO4. The molecule has 0 unspecified atom stereocenters. The molecular weight excluding hydrogens is 474 g/mol. The van der Waals surface area contributed by atoms with Gasteiger partial charge in [0.25, 0.3) is 0 Å². The number of hydrogen-bond donors (Lipinski definition) is 0. The summed E-state index contributed by atoms with van der Waals surface area (Å²) in [6.45, 7) is 1.94. The molecule has 1 aliphatic heterocycles. The zero-order valence-electron chi connectivity index (χ0n) is 20.8. The Morgan fingerprint density at radius 2 is 1.32 bits per heavy atom. The van der Waals surface area contributed by atoms with Gasteiger partial charge in [0.05, 0.1) is 23.4 Å². The highest BCUT2D eigenvalue weighted by Crippen LogP contribution is 2.67. The van der Waals surface area contributed by atoms with Crippen molar-refractivity contribution < 1.29 is 19.1 Å². The van der Waals surface area contributed by atoms with Crippen molar-refractivity contribution in [2.24, 2.45) is 11.3 Å². The summed E-state index contributed by atoms with van der Waals surface area (Å²) in [7, 11) is 0. The third kappa shape index (κ3) is 3.02. The maximum atomic E-state index is 14.4. The predicted octanol–water partition coefficient (Wildman–Crippen LogP) is 5.62. The number of anilines is 1. The van der Waals surface area contributed by atoms with Gasteiger partial charge in [-0.25, -0.2) is 4.90 Å². The lowest BCUT2D eigenvalue weighted by atomic mass is 9.48. The number of hydrogen-bond acceptors (Lipinski definition) is 4. The van der Waals surface area contributed by atoms with Crippen LogP contribution in [0.2, 0.25) is 0 Å². The van der Waals surface area contributed by atoms with Gasteiger partial charge in [-0.3, -0.25) is 14.4 Å². The minimum Gasteiger partial charge on any atom is -0.424 e. The molecule has 5 nitrogen and oxygen atoms in total. The lowest BCUT2D eigenvalue weighted by Crippen LogP contribution is -2.49. The van der Waals surface area contributed by atoms with Crippen LogP contribution in [0.25, 0.3) is 0 Å². The highest BCUT2D eigenvalue weighted by atomic mass is 16.5. The fourth-order valence-electron chi connectivity index (χ4n) is 6.99. The molecule has 1 saturated heterocycles. The zero-order valence-corrected chi connectivity index (χ0v) is 20.8. The fraction of sp³-hybridized carbons (Fsp3) is 0.182. The van der Waals surface area contributed by atoms with Gasteiger partial charge < -0.3 is 4.74 Å². The minimum absolute atomic E-state index is 0.0895. The Labute approximate surface area is 220 Å². The maximum Gasteiger partial charge on any atom is 0.315 e. The zero-order chi connectivity index (χ0) is 26.0. The van der Waals surface area contributed by atoms with Crippen molar-refractivity contribution in [2.45, 2.75) is 25.2 Å². The Kier molecular flexibility index (Phi) is 4.92. The predicted molar refractivity (Wildman–Crippen MR) is 143 cm³/mol. The number of carbonyl (C=O) groups excluding carboxylic acids is 3. The number of esters is 1. The van der Waals surface area contributed by atoms with Crippen LogP contribution in [-0.2, 0) is 20.8 Å². The molecule has 4 aromatic carbocycles. The first-order valence-corrected chi connectivity index (χ1v) is 12.9. The van der Waals surface area contributed by atoms with Crippen LogP contribution in [0, 0.1) is 11.3 Å². The summed E-state index contributed by atoms with van der Waals surface area (Å²) in [5, 5.41) is 0. The van der Waals surface area contributed by atoms with E-state index in [2.05, 4.69) is 24.3 Å². The van der Waals surface area contributed by atoms with Gasteiger partial charge in [-0.2, -0.15) is 0 Å². The van der Waals surface area contributed by atoms with E-state index in [1.807, 2.05) is 61.5 Å². The standard InChI is InChI=1S/C33H25NO4/c1-33-29-23-15-7-5-13-21(23)28(22-14-6-8-16-24(22)29)30(33)31(36)34(32(33)37)25-17-9-10-18-26(25)38-27(35)19-20-11-3-2-4-12-20/h2-18,28-30H,19H2,1H3/t28?,29?,30-,33+/m1/s1. The molecule has 3 aliphatic carbocycles. The smallest absolute Gasteiger partial charge is 0.315 e. The highest BCUT2D eigenvalue weighted by molar-refractivity contribution is 6.25. The Morgan fingerprint density at radius 1 is 0.763 bits per heavy atom. The molecule has 0 N–H and O–H groups in total. The molecule has 1 fully saturated rings. The summed E-state index contributed by atoms with van der Waals surface area (Å²) in [4.78, 5) is 42.7. The summed E-state index contributed by atoms with van der Waals surface area (Å²) in [5.74, 6) is -1.74. The van der Waals surface area contributed by atoms with Crippen molar-refractivity contribution in [1.82, 2.24) is 0 Å². The van der Waals surface area contributed by atoms with Crippen LogP contribution in [0.1, 0.15) is 46.6 Å². The lowest BCUT2D eigenvalue weighted by molar-refractivity contribution is -0.134. The summed E-state index contributed by atoms with van der Waals surface area (Å²) < 4.78 is 5.75. The second-order valence-electron chi connectivity index (χ2n) is 10.5. The van der Waals surface area contributed by atoms with E-state index in [1.54, 1.807) is 24.3 Å². The van der Waals surface area contributed by atoms with Crippen LogP contribution in [-0.4, -0.2) is 17.8 Å². The molecule has 4 aromatic rings. The normalized spacial score (nSPS) is 24.6. The maximum absolute atomic E-state index is 14.4. The molecule has 186 valence electrons. The van der Waals surface area contributed by atoms with E-state index in [4.69, 9.17) is 4.74 Å². The number of imide groups is 1. The van der Waals surface area contributed by atoms with Crippen LogP contribution in [0.4, 0.5) is 5.69 Å². The molecule has 0 aromatic heterocycles. The van der Waals surface area contributed by atoms with E-state index in [0.29, 0.717) is 5.69 Å². The lowest BCUT2D eigenvalue weighted by Gasteiger charge is -2.51. The molecule has 1 heterocycles. The van der Waals surface area contributed by atoms with Crippen LogP contribution >= 0.6 is 0 Å². The molecule has 2 bridgehead atoms. The van der Waals surface area contributed by atoms with Crippen molar-refractivity contribution in [3.8, 4) is 5.75 Å².